The van der Waals surface area contributed by atoms with Crippen LogP contribution < -0.4 is 10.7 Å². The Bertz CT molecular complexity index is 788. The first-order valence-corrected chi connectivity index (χ1v) is 8.18. The van der Waals surface area contributed by atoms with Crippen molar-refractivity contribution in [2.45, 2.75) is 20.3 Å². The van der Waals surface area contributed by atoms with E-state index in [1.807, 2.05) is 56.3 Å². The number of hydrogen-bond donors (Lipinski definition) is 2. The molecule has 0 bridgehead atoms. The predicted molar refractivity (Wildman–Crippen MR) is 99.0 cm³/mol. The lowest BCUT2D eigenvalue weighted by molar-refractivity contribution is -0.126. The van der Waals surface area contributed by atoms with E-state index in [-0.39, 0.29) is 12.3 Å². The van der Waals surface area contributed by atoms with E-state index in [0.29, 0.717) is 5.69 Å². The van der Waals surface area contributed by atoms with Crippen LogP contribution in [0.1, 0.15) is 23.1 Å². The van der Waals surface area contributed by atoms with Gasteiger partial charge in [-0.15, -0.1) is 0 Å². The molecule has 0 radical (unpaired) electrons. The average Bonchev–Trinajstić information content (AvgIpc) is 2.50. The SMILES string of the molecule is Cc1ccc(NC(=O)CC(=O)NN=Cc2cccc(Br)c2)c(C)c1. The maximum absolute atomic E-state index is 11.9. The highest BCUT2D eigenvalue weighted by Gasteiger charge is 2.10. The van der Waals surface area contributed by atoms with E-state index in [4.69, 9.17) is 0 Å². The van der Waals surface area contributed by atoms with Gasteiger partial charge in [-0.05, 0) is 43.2 Å². The van der Waals surface area contributed by atoms with E-state index >= 15 is 0 Å². The summed E-state index contributed by atoms with van der Waals surface area (Å²) < 4.78 is 0.922. The van der Waals surface area contributed by atoms with Gasteiger partial charge in [0.15, 0.2) is 0 Å². The van der Waals surface area contributed by atoms with Gasteiger partial charge in [-0.2, -0.15) is 5.10 Å². The Hall–Kier alpha value is -2.47. The monoisotopic (exact) mass is 387 g/mol. The second-order valence-electron chi connectivity index (χ2n) is 5.39. The smallest absolute Gasteiger partial charge is 0.249 e. The quantitative estimate of drug-likeness (QED) is 0.467. The Kier molecular flexibility index (Phi) is 6.26. The number of nitrogens with zero attached hydrogens (tertiary/aromatic N) is 1. The zero-order chi connectivity index (χ0) is 17.5. The molecule has 0 saturated carbocycles. The van der Waals surface area contributed by atoms with Gasteiger partial charge in [0, 0.05) is 10.2 Å². The molecule has 124 valence electrons. The number of nitrogens with one attached hydrogen (secondary N) is 2. The third-order valence-electron chi connectivity index (χ3n) is 3.23. The summed E-state index contributed by atoms with van der Waals surface area (Å²) >= 11 is 3.36. The molecule has 2 rings (SSSR count). The van der Waals surface area contributed by atoms with Crippen LogP contribution in [0.5, 0.6) is 0 Å². The van der Waals surface area contributed by atoms with Gasteiger partial charge in [0.25, 0.3) is 0 Å². The molecule has 0 aliphatic carbocycles. The van der Waals surface area contributed by atoms with E-state index < -0.39 is 5.91 Å². The number of halogens is 1. The summed E-state index contributed by atoms with van der Waals surface area (Å²) in [5.41, 5.74) is 5.96. The summed E-state index contributed by atoms with van der Waals surface area (Å²) in [4.78, 5) is 23.7. The van der Waals surface area contributed by atoms with Crippen molar-refractivity contribution in [2.75, 3.05) is 5.32 Å². The molecule has 0 aliphatic heterocycles. The molecule has 0 aliphatic rings. The van der Waals surface area contributed by atoms with Crippen LogP contribution in [0.15, 0.2) is 52.0 Å². The largest absolute Gasteiger partial charge is 0.325 e. The fraction of sp³-hybridized carbons (Fsp3) is 0.167. The van der Waals surface area contributed by atoms with Crippen molar-refractivity contribution < 1.29 is 9.59 Å². The van der Waals surface area contributed by atoms with Gasteiger partial charge in [0.2, 0.25) is 11.8 Å². The highest BCUT2D eigenvalue weighted by molar-refractivity contribution is 9.10. The van der Waals surface area contributed by atoms with Gasteiger partial charge in [0.05, 0.1) is 6.21 Å². The predicted octanol–water partition coefficient (Wildman–Crippen LogP) is 3.54. The minimum atomic E-state index is -0.469. The number of aryl methyl sites for hydroxylation is 2. The van der Waals surface area contributed by atoms with E-state index in [1.54, 1.807) is 0 Å². The van der Waals surface area contributed by atoms with Crippen molar-refractivity contribution in [3.8, 4) is 0 Å². The minimum Gasteiger partial charge on any atom is -0.325 e. The van der Waals surface area contributed by atoms with Crippen LogP contribution in [0.4, 0.5) is 5.69 Å². The minimum absolute atomic E-state index is 0.289. The molecule has 2 amide bonds. The Morgan fingerprint density at radius 2 is 1.92 bits per heavy atom. The van der Waals surface area contributed by atoms with Gasteiger partial charge in [-0.25, -0.2) is 5.43 Å². The van der Waals surface area contributed by atoms with Gasteiger partial charge in [-0.3, -0.25) is 9.59 Å². The number of carbonyl (C=O) groups is 2. The lowest BCUT2D eigenvalue weighted by Crippen LogP contribution is -2.24. The van der Waals surface area contributed by atoms with Crippen LogP contribution in [-0.4, -0.2) is 18.0 Å². The van der Waals surface area contributed by atoms with Crippen molar-refractivity contribution in [1.82, 2.24) is 5.43 Å². The molecule has 5 nitrogen and oxygen atoms in total. The zero-order valence-corrected chi connectivity index (χ0v) is 15.1. The van der Waals surface area contributed by atoms with Crippen LogP contribution in [0.3, 0.4) is 0 Å². The Labute approximate surface area is 149 Å². The number of benzene rings is 2. The number of amides is 2. The summed E-state index contributed by atoms with van der Waals surface area (Å²) in [5.74, 6) is -0.847. The van der Waals surface area contributed by atoms with Crippen molar-refractivity contribution in [1.29, 1.82) is 0 Å². The molecule has 0 saturated heterocycles. The van der Waals surface area contributed by atoms with Crippen LogP contribution >= 0.6 is 15.9 Å². The first-order chi connectivity index (χ1) is 11.4. The summed E-state index contributed by atoms with van der Waals surface area (Å²) in [6, 6.07) is 13.2. The number of carbonyl (C=O) groups excluding carboxylic acids is 2. The van der Waals surface area contributed by atoms with Crippen molar-refractivity contribution in [3.63, 3.8) is 0 Å². The standard InChI is InChI=1S/C18H18BrN3O2/c1-12-6-7-16(13(2)8-12)21-17(23)10-18(24)22-20-11-14-4-3-5-15(19)9-14/h3-9,11H,10H2,1-2H3,(H,21,23)(H,22,24). The van der Waals surface area contributed by atoms with Crippen LogP contribution in [0, 0.1) is 13.8 Å². The molecule has 24 heavy (non-hydrogen) atoms. The summed E-state index contributed by atoms with van der Waals surface area (Å²) in [5, 5.41) is 6.57. The Balaban J connectivity index is 1.84. The van der Waals surface area contributed by atoms with E-state index in [0.717, 1.165) is 21.2 Å². The molecular weight excluding hydrogens is 370 g/mol. The van der Waals surface area contributed by atoms with Crippen LogP contribution in [0.25, 0.3) is 0 Å². The number of anilines is 1. The van der Waals surface area contributed by atoms with Gasteiger partial charge in [-0.1, -0.05) is 45.8 Å². The van der Waals surface area contributed by atoms with E-state index in [1.165, 1.54) is 6.21 Å². The van der Waals surface area contributed by atoms with Crippen LogP contribution in [-0.2, 0) is 9.59 Å². The molecule has 0 heterocycles. The summed E-state index contributed by atoms with van der Waals surface area (Å²) in [7, 11) is 0. The van der Waals surface area contributed by atoms with Crippen molar-refractivity contribution in [3.05, 3.63) is 63.6 Å². The van der Waals surface area contributed by atoms with Crippen LogP contribution in [0.2, 0.25) is 0 Å². The first-order valence-electron chi connectivity index (χ1n) is 7.38. The van der Waals surface area contributed by atoms with Crippen molar-refractivity contribution >= 4 is 39.6 Å². The lowest BCUT2D eigenvalue weighted by atomic mass is 10.1. The van der Waals surface area contributed by atoms with E-state index in [9.17, 15) is 9.59 Å². The fourth-order valence-electron chi connectivity index (χ4n) is 2.10. The highest BCUT2D eigenvalue weighted by Crippen LogP contribution is 2.16. The van der Waals surface area contributed by atoms with Gasteiger partial charge >= 0.3 is 0 Å². The average molecular weight is 388 g/mol. The Morgan fingerprint density at radius 3 is 2.62 bits per heavy atom. The summed E-state index contributed by atoms with van der Waals surface area (Å²) in [6.07, 6.45) is 1.23. The van der Waals surface area contributed by atoms with Gasteiger partial charge in [0.1, 0.15) is 6.42 Å². The molecule has 2 aromatic rings. The second-order valence-corrected chi connectivity index (χ2v) is 6.31. The summed E-state index contributed by atoms with van der Waals surface area (Å²) in [6.45, 7) is 3.89. The third-order valence-corrected chi connectivity index (χ3v) is 3.72. The molecule has 0 fully saturated rings. The normalized spacial score (nSPS) is 10.6. The molecule has 0 unspecified atom stereocenters. The van der Waals surface area contributed by atoms with Crippen molar-refractivity contribution in [2.24, 2.45) is 5.10 Å². The Morgan fingerprint density at radius 1 is 1.12 bits per heavy atom. The second kappa shape index (κ2) is 8.40. The highest BCUT2D eigenvalue weighted by atomic mass is 79.9. The maximum atomic E-state index is 11.9. The number of rotatable bonds is 5. The molecule has 0 spiro atoms. The molecule has 0 atom stereocenters. The lowest BCUT2D eigenvalue weighted by Gasteiger charge is -2.08. The molecule has 6 heteroatoms. The topological polar surface area (TPSA) is 70.6 Å². The molecule has 0 aromatic heterocycles. The molecular formula is C18H18BrN3O2. The van der Waals surface area contributed by atoms with E-state index in [2.05, 4.69) is 31.8 Å². The first kappa shape index (κ1) is 17.9. The molecule has 2 aromatic carbocycles. The molecule has 2 N–H and O–H groups in total. The van der Waals surface area contributed by atoms with Gasteiger partial charge < -0.3 is 5.32 Å². The zero-order valence-electron chi connectivity index (χ0n) is 13.5. The third kappa shape index (κ3) is 5.62. The number of hydrazone groups is 1. The maximum Gasteiger partial charge on any atom is 0.249 e. The number of hydrogen-bond acceptors (Lipinski definition) is 3. The fourth-order valence-corrected chi connectivity index (χ4v) is 2.52.